The number of urea groups is 1. The number of para-hydroxylation sites is 2. The van der Waals surface area contributed by atoms with Crippen LogP contribution in [-0.2, 0) is 0 Å². The molecular formula is C17H22N4O3S. The maximum absolute atomic E-state index is 12.5. The summed E-state index contributed by atoms with van der Waals surface area (Å²) in [5.74, 6) is 0.489. The van der Waals surface area contributed by atoms with E-state index in [9.17, 15) is 9.59 Å². The van der Waals surface area contributed by atoms with E-state index < -0.39 is 6.03 Å². The highest BCUT2D eigenvalue weighted by Gasteiger charge is 2.20. The van der Waals surface area contributed by atoms with Crippen LogP contribution < -0.4 is 15.4 Å². The molecule has 1 aromatic carbocycles. The van der Waals surface area contributed by atoms with Gasteiger partial charge in [-0.3, -0.25) is 10.1 Å². The van der Waals surface area contributed by atoms with Crippen molar-refractivity contribution < 1.29 is 14.3 Å². The Balaban J connectivity index is 2.09. The monoisotopic (exact) mass is 362 g/mol. The number of aryl methyl sites for hydroxylation is 1. The van der Waals surface area contributed by atoms with E-state index in [1.807, 2.05) is 19.9 Å². The van der Waals surface area contributed by atoms with Gasteiger partial charge in [0.15, 0.2) is 5.13 Å². The summed E-state index contributed by atoms with van der Waals surface area (Å²) in [6.07, 6.45) is 0. The zero-order valence-electron chi connectivity index (χ0n) is 14.8. The van der Waals surface area contributed by atoms with E-state index in [1.165, 1.54) is 18.4 Å². The Bertz CT molecular complexity index is 756. The molecule has 8 heteroatoms. The van der Waals surface area contributed by atoms with Crippen molar-refractivity contribution in [3.8, 4) is 5.75 Å². The molecule has 2 rings (SSSR count). The van der Waals surface area contributed by atoms with Gasteiger partial charge < -0.3 is 15.0 Å². The van der Waals surface area contributed by atoms with Crippen molar-refractivity contribution >= 4 is 34.1 Å². The van der Waals surface area contributed by atoms with Crippen LogP contribution >= 0.6 is 11.3 Å². The summed E-state index contributed by atoms with van der Waals surface area (Å²) in [6, 6.07) is 6.66. The number of benzene rings is 1. The normalized spacial score (nSPS) is 10.2. The molecule has 0 unspecified atom stereocenters. The molecule has 1 aromatic heterocycles. The number of methoxy groups -OCH3 is 1. The number of thiazole rings is 1. The van der Waals surface area contributed by atoms with Gasteiger partial charge in [-0.1, -0.05) is 23.5 Å². The summed E-state index contributed by atoms with van der Waals surface area (Å²) >= 11 is 1.17. The second-order valence-electron chi connectivity index (χ2n) is 5.19. The zero-order chi connectivity index (χ0) is 18.4. The van der Waals surface area contributed by atoms with Crippen LogP contribution in [0.15, 0.2) is 24.3 Å². The van der Waals surface area contributed by atoms with Crippen LogP contribution in [0, 0.1) is 6.92 Å². The summed E-state index contributed by atoms with van der Waals surface area (Å²) in [5, 5.41) is 5.75. The Kier molecular flexibility index (Phi) is 6.35. The predicted octanol–water partition coefficient (Wildman–Crippen LogP) is 3.59. The van der Waals surface area contributed by atoms with Crippen molar-refractivity contribution in [3.63, 3.8) is 0 Å². The molecule has 0 radical (unpaired) electrons. The van der Waals surface area contributed by atoms with Crippen molar-refractivity contribution in [2.75, 3.05) is 30.8 Å². The number of anilines is 2. The van der Waals surface area contributed by atoms with Crippen LogP contribution in [-0.4, -0.2) is 42.0 Å². The van der Waals surface area contributed by atoms with Gasteiger partial charge in [0.2, 0.25) is 0 Å². The van der Waals surface area contributed by atoms with Crippen molar-refractivity contribution in [2.45, 2.75) is 20.8 Å². The zero-order valence-corrected chi connectivity index (χ0v) is 15.6. The standard InChI is InChI=1S/C17H22N4O3S/c1-5-21(6-2)15(22)14-11(3)18-17(25-14)20-16(23)19-12-9-7-8-10-13(12)24-4/h7-10H,5-6H2,1-4H3,(H2,18,19,20,23). The molecule has 0 bridgehead atoms. The van der Waals surface area contributed by atoms with Crippen molar-refractivity contribution in [2.24, 2.45) is 0 Å². The van der Waals surface area contributed by atoms with E-state index in [1.54, 1.807) is 30.0 Å². The number of hydrogen-bond donors (Lipinski definition) is 2. The lowest BCUT2D eigenvalue weighted by Crippen LogP contribution is -2.30. The number of ether oxygens (including phenoxy) is 1. The molecule has 1 heterocycles. The Morgan fingerprint density at radius 3 is 2.52 bits per heavy atom. The third kappa shape index (κ3) is 4.48. The summed E-state index contributed by atoms with van der Waals surface area (Å²) in [4.78, 5) is 31.2. The quantitative estimate of drug-likeness (QED) is 0.823. The van der Waals surface area contributed by atoms with Crippen molar-refractivity contribution in [1.82, 2.24) is 9.88 Å². The van der Waals surface area contributed by atoms with Crippen LogP contribution in [0.4, 0.5) is 15.6 Å². The fourth-order valence-corrected chi connectivity index (χ4v) is 3.23. The van der Waals surface area contributed by atoms with Crippen molar-refractivity contribution in [3.05, 3.63) is 34.8 Å². The average molecular weight is 362 g/mol. The first-order valence-corrected chi connectivity index (χ1v) is 8.79. The molecule has 25 heavy (non-hydrogen) atoms. The van der Waals surface area contributed by atoms with Crippen LogP contribution in [0.1, 0.15) is 29.2 Å². The molecule has 0 aliphatic rings. The fraction of sp³-hybridized carbons (Fsp3) is 0.353. The van der Waals surface area contributed by atoms with Gasteiger partial charge in [-0.25, -0.2) is 9.78 Å². The van der Waals surface area contributed by atoms with Gasteiger partial charge in [0, 0.05) is 13.1 Å². The molecule has 0 spiro atoms. The third-order valence-electron chi connectivity index (χ3n) is 3.62. The molecular weight excluding hydrogens is 340 g/mol. The van der Waals surface area contributed by atoms with Crippen molar-refractivity contribution in [1.29, 1.82) is 0 Å². The molecule has 0 aliphatic heterocycles. The maximum atomic E-state index is 12.5. The number of nitrogens with one attached hydrogen (secondary N) is 2. The maximum Gasteiger partial charge on any atom is 0.325 e. The SMILES string of the molecule is CCN(CC)C(=O)c1sc(NC(=O)Nc2ccccc2OC)nc1C. The molecule has 0 aliphatic carbocycles. The van der Waals surface area contributed by atoms with Gasteiger partial charge in [0.25, 0.3) is 5.91 Å². The number of rotatable bonds is 6. The second-order valence-corrected chi connectivity index (χ2v) is 6.19. The van der Waals surface area contributed by atoms with E-state index in [2.05, 4.69) is 15.6 Å². The largest absolute Gasteiger partial charge is 0.495 e. The van der Waals surface area contributed by atoms with Crippen LogP contribution in [0.3, 0.4) is 0 Å². The summed E-state index contributed by atoms with van der Waals surface area (Å²) < 4.78 is 5.20. The number of amides is 3. The fourth-order valence-electron chi connectivity index (χ4n) is 2.30. The molecule has 7 nitrogen and oxygen atoms in total. The Morgan fingerprint density at radius 1 is 1.20 bits per heavy atom. The molecule has 2 N–H and O–H groups in total. The number of nitrogens with zero attached hydrogens (tertiary/aromatic N) is 2. The van der Waals surface area contributed by atoms with Crippen LogP contribution in [0.5, 0.6) is 5.75 Å². The second kappa shape index (κ2) is 8.48. The van der Waals surface area contributed by atoms with E-state index in [0.717, 1.165) is 0 Å². The minimum absolute atomic E-state index is 0.0711. The van der Waals surface area contributed by atoms with Gasteiger partial charge in [-0.15, -0.1) is 0 Å². The van der Waals surface area contributed by atoms with Crippen LogP contribution in [0.2, 0.25) is 0 Å². The first kappa shape index (κ1) is 18.7. The molecule has 0 fully saturated rings. The minimum atomic E-state index is -0.444. The van der Waals surface area contributed by atoms with Gasteiger partial charge >= 0.3 is 6.03 Å². The molecule has 2 aromatic rings. The Morgan fingerprint density at radius 2 is 1.88 bits per heavy atom. The van der Waals surface area contributed by atoms with E-state index in [4.69, 9.17) is 4.74 Å². The summed E-state index contributed by atoms with van der Waals surface area (Å²) in [5.41, 5.74) is 1.16. The highest BCUT2D eigenvalue weighted by molar-refractivity contribution is 7.17. The first-order valence-electron chi connectivity index (χ1n) is 7.97. The van der Waals surface area contributed by atoms with Crippen LogP contribution in [0.25, 0.3) is 0 Å². The highest BCUT2D eigenvalue weighted by atomic mass is 32.1. The van der Waals surface area contributed by atoms with E-state index in [-0.39, 0.29) is 5.91 Å². The molecule has 0 saturated heterocycles. The smallest absolute Gasteiger partial charge is 0.325 e. The molecule has 134 valence electrons. The van der Waals surface area contributed by atoms with E-state index >= 15 is 0 Å². The molecule has 0 atom stereocenters. The van der Waals surface area contributed by atoms with E-state index in [0.29, 0.717) is 40.2 Å². The number of hydrogen-bond acceptors (Lipinski definition) is 5. The predicted molar refractivity (Wildman–Crippen MR) is 99.7 cm³/mol. The molecule has 0 saturated carbocycles. The molecule has 3 amide bonds. The van der Waals surface area contributed by atoms with Gasteiger partial charge in [-0.2, -0.15) is 0 Å². The minimum Gasteiger partial charge on any atom is -0.495 e. The van der Waals surface area contributed by atoms with Gasteiger partial charge in [0.1, 0.15) is 10.6 Å². The number of carbonyl (C=O) groups is 2. The summed E-state index contributed by atoms with van der Waals surface area (Å²) in [6.45, 7) is 6.87. The lowest BCUT2D eigenvalue weighted by molar-refractivity contribution is 0.0777. The lowest BCUT2D eigenvalue weighted by Gasteiger charge is -2.17. The number of aromatic nitrogens is 1. The topological polar surface area (TPSA) is 83.6 Å². The number of carbonyl (C=O) groups excluding carboxylic acids is 2. The van der Waals surface area contributed by atoms with Gasteiger partial charge in [-0.05, 0) is 32.9 Å². The summed E-state index contributed by atoms with van der Waals surface area (Å²) in [7, 11) is 1.54. The highest BCUT2D eigenvalue weighted by Crippen LogP contribution is 2.26. The third-order valence-corrected chi connectivity index (χ3v) is 4.68. The Hall–Kier alpha value is -2.61. The van der Waals surface area contributed by atoms with Gasteiger partial charge in [0.05, 0.1) is 18.5 Å². The average Bonchev–Trinajstić information content (AvgIpc) is 2.96. The Labute approximate surface area is 151 Å². The first-order chi connectivity index (χ1) is 12.0. The lowest BCUT2D eigenvalue weighted by atomic mass is 10.3.